The predicted octanol–water partition coefficient (Wildman–Crippen LogP) is 2.99. The van der Waals surface area contributed by atoms with Crippen LogP contribution in [0.2, 0.25) is 0 Å². The third-order valence-corrected chi connectivity index (χ3v) is 2.73. The molecule has 1 aromatic carbocycles. The summed E-state index contributed by atoms with van der Waals surface area (Å²) in [6.45, 7) is 0.670. The lowest BCUT2D eigenvalue weighted by atomic mass is 10.2. The Labute approximate surface area is 108 Å². The Kier molecular flexibility index (Phi) is 5.50. The molecule has 0 radical (unpaired) electrons. The van der Waals surface area contributed by atoms with E-state index in [2.05, 4.69) is 27.3 Å². The van der Waals surface area contributed by atoms with E-state index in [0.717, 1.165) is 16.6 Å². The third kappa shape index (κ3) is 4.87. The summed E-state index contributed by atoms with van der Waals surface area (Å²) >= 11 is 3.30. The van der Waals surface area contributed by atoms with Crippen LogP contribution in [0, 0.1) is 11.3 Å². The highest BCUT2D eigenvalue weighted by Gasteiger charge is 2.02. The van der Waals surface area contributed by atoms with E-state index in [1.807, 2.05) is 12.1 Å². The Balaban J connectivity index is 2.42. The number of carboxylic acid groups (broad SMARTS) is 1. The number of halogens is 1. The van der Waals surface area contributed by atoms with Crippen molar-refractivity contribution in [3.63, 3.8) is 0 Å². The van der Waals surface area contributed by atoms with Crippen molar-refractivity contribution in [1.82, 2.24) is 0 Å². The van der Waals surface area contributed by atoms with E-state index in [0.29, 0.717) is 18.5 Å². The van der Waals surface area contributed by atoms with Gasteiger partial charge in [0, 0.05) is 17.4 Å². The summed E-state index contributed by atoms with van der Waals surface area (Å²) in [4.78, 5) is 10.3. The number of aliphatic carboxylic acids is 1. The third-order valence-electron chi connectivity index (χ3n) is 2.23. The topological polar surface area (TPSA) is 73.1 Å². The molecule has 0 heterocycles. The Hall–Kier alpha value is -1.54. The zero-order valence-electron chi connectivity index (χ0n) is 9.24. The molecule has 4 nitrogen and oxygen atoms in total. The number of carbonyl (C=O) groups is 1. The van der Waals surface area contributed by atoms with Gasteiger partial charge in [-0.25, -0.2) is 0 Å². The Morgan fingerprint density at radius 1 is 1.47 bits per heavy atom. The molecule has 0 aliphatic carbocycles. The van der Waals surface area contributed by atoms with Gasteiger partial charge < -0.3 is 10.4 Å². The molecule has 0 fully saturated rings. The number of hydrogen-bond acceptors (Lipinski definition) is 3. The maximum atomic E-state index is 10.3. The first-order chi connectivity index (χ1) is 8.13. The zero-order chi connectivity index (χ0) is 12.7. The minimum absolute atomic E-state index is 0.188. The van der Waals surface area contributed by atoms with Gasteiger partial charge in [0.2, 0.25) is 0 Å². The second kappa shape index (κ2) is 6.92. The Bertz CT molecular complexity index is 441. The molecule has 2 N–H and O–H groups in total. The van der Waals surface area contributed by atoms with Crippen LogP contribution in [0.25, 0.3) is 0 Å². The molecule has 0 aliphatic heterocycles. The molecule has 1 aromatic rings. The number of benzene rings is 1. The van der Waals surface area contributed by atoms with Gasteiger partial charge >= 0.3 is 5.97 Å². The highest BCUT2D eigenvalue weighted by atomic mass is 79.9. The van der Waals surface area contributed by atoms with E-state index in [4.69, 9.17) is 10.4 Å². The fraction of sp³-hybridized carbons (Fsp3) is 0.333. The SMILES string of the molecule is N#Cc1cc(Br)ccc1NCCCCC(=O)O. The molecule has 17 heavy (non-hydrogen) atoms. The van der Waals surface area contributed by atoms with Gasteiger partial charge in [0.25, 0.3) is 0 Å². The van der Waals surface area contributed by atoms with Crippen molar-refractivity contribution in [2.24, 2.45) is 0 Å². The van der Waals surface area contributed by atoms with E-state index in [9.17, 15) is 4.79 Å². The Morgan fingerprint density at radius 2 is 2.24 bits per heavy atom. The average molecular weight is 297 g/mol. The van der Waals surface area contributed by atoms with Crippen LogP contribution in [0.5, 0.6) is 0 Å². The summed E-state index contributed by atoms with van der Waals surface area (Å²) in [6.07, 6.45) is 1.60. The molecule has 0 unspecified atom stereocenters. The fourth-order valence-electron chi connectivity index (χ4n) is 1.39. The van der Waals surface area contributed by atoms with Crippen LogP contribution in [0.4, 0.5) is 5.69 Å². The van der Waals surface area contributed by atoms with Crippen molar-refractivity contribution in [2.45, 2.75) is 19.3 Å². The zero-order valence-corrected chi connectivity index (χ0v) is 10.8. The highest BCUT2D eigenvalue weighted by molar-refractivity contribution is 9.10. The summed E-state index contributed by atoms with van der Waals surface area (Å²) < 4.78 is 0.866. The van der Waals surface area contributed by atoms with Gasteiger partial charge in [-0.1, -0.05) is 15.9 Å². The van der Waals surface area contributed by atoms with Crippen LogP contribution in [0.1, 0.15) is 24.8 Å². The quantitative estimate of drug-likeness (QED) is 0.792. The molecule has 0 saturated heterocycles. The van der Waals surface area contributed by atoms with E-state index >= 15 is 0 Å². The van der Waals surface area contributed by atoms with Gasteiger partial charge in [-0.3, -0.25) is 4.79 Å². The second-order valence-electron chi connectivity index (χ2n) is 3.58. The van der Waals surface area contributed by atoms with Crippen molar-refractivity contribution in [3.05, 3.63) is 28.2 Å². The molecule has 0 aromatic heterocycles. The van der Waals surface area contributed by atoms with Crippen molar-refractivity contribution in [3.8, 4) is 6.07 Å². The number of rotatable bonds is 6. The van der Waals surface area contributed by atoms with Crippen molar-refractivity contribution in [2.75, 3.05) is 11.9 Å². The van der Waals surface area contributed by atoms with E-state index in [1.54, 1.807) is 6.07 Å². The van der Waals surface area contributed by atoms with Crippen LogP contribution in [-0.4, -0.2) is 17.6 Å². The molecule has 0 bridgehead atoms. The van der Waals surface area contributed by atoms with Gasteiger partial charge in [0.15, 0.2) is 0 Å². The molecule has 1 rings (SSSR count). The lowest BCUT2D eigenvalue weighted by Gasteiger charge is -2.07. The largest absolute Gasteiger partial charge is 0.481 e. The minimum atomic E-state index is -0.772. The van der Waals surface area contributed by atoms with Crippen LogP contribution >= 0.6 is 15.9 Å². The van der Waals surface area contributed by atoms with Crippen LogP contribution in [0.15, 0.2) is 22.7 Å². The molecular weight excluding hydrogens is 284 g/mol. The maximum Gasteiger partial charge on any atom is 0.303 e. The smallest absolute Gasteiger partial charge is 0.303 e. The van der Waals surface area contributed by atoms with Crippen LogP contribution in [-0.2, 0) is 4.79 Å². The van der Waals surface area contributed by atoms with Crippen molar-refractivity contribution < 1.29 is 9.90 Å². The molecule has 90 valence electrons. The minimum Gasteiger partial charge on any atom is -0.481 e. The lowest BCUT2D eigenvalue weighted by Crippen LogP contribution is -2.04. The molecule has 0 aliphatic rings. The molecule has 5 heteroatoms. The van der Waals surface area contributed by atoms with Gasteiger partial charge in [0.05, 0.1) is 11.3 Å². The van der Waals surface area contributed by atoms with Crippen molar-refractivity contribution in [1.29, 1.82) is 5.26 Å². The van der Waals surface area contributed by atoms with E-state index < -0.39 is 5.97 Å². The average Bonchev–Trinajstić information content (AvgIpc) is 2.29. The number of carboxylic acids is 1. The number of hydrogen-bond donors (Lipinski definition) is 2. The second-order valence-corrected chi connectivity index (χ2v) is 4.50. The predicted molar refractivity (Wildman–Crippen MR) is 68.8 cm³/mol. The van der Waals surface area contributed by atoms with Gasteiger partial charge in [-0.15, -0.1) is 0 Å². The molecular formula is C12H13BrN2O2. The summed E-state index contributed by atoms with van der Waals surface area (Å²) in [7, 11) is 0. The van der Waals surface area contributed by atoms with Gasteiger partial charge in [0.1, 0.15) is 6.07 Å². The standard InChI is InChI=1S/C12H13BrN2O2/c13-10-4-5-11(9(7-10)8-14)15-6-2-1-3-12(16)17/h4-5,7,15H,1-3,6H2,(H,16,17). The number of nitriles is 1. The highest BCUT2D eigenvalue weighted by Crippen LogP contribution is 2.20. The Morgan fingerprint density at radius 3 is 2.88 bits per heavy atom. The number of anilines is 1. The first-order valence-electron chi connectivity index (χ1n) is 5.29. The first-order valence-corrected chi connectivity index (χ1v) is 6.08. The normalized spacial score (nSPS) is 9.65. The first kappa shape index (κ1) is 13.5. The fourth-order valence-corrected chi connectivity index (χ4v) is 1.75. The van der Waals surface area contributed by atoms with Crippen molar-refractivity contribution >= 4 is 27.6 Å². The summed E-state index contributed by atoms with van der Waals surface area (Å²) in [6, 6.07) is 7.55. The van der Waals surface area contributed by atoms with Gasteiger partial charge in [-0.2, -0.15) is 5.26 Å². The molecule has 0 amide bonds. The number of unbranched alkanes of at least 4 members (excludes halogenated alkanes) is 1. The lowest BCUT2D eigenvalue weighted by molar-refractivity contribution is -0.137. The molecule has 0 spiro atoms. The summed E-state index contributed by atoms with van der Waals surface area (Å²) in [5, 5.41) is 20.5. The summed E-state index contributed by atoms with van der Waals surface area (Å²) in [5.41, 5.74) is 1.36. The number of nitrogens with zero attached hydrogens (tertiary/aromatic N) is 1. The van der Waals surface area contributed by atoms with E-state index in [-0.39, 0.29) is 6.42 Å². The maximum absolute atomic E-state index is 10.3. The van der Waals surface area contributed by atoms with Crippen LogP contribution < -0.4 is 5.32 Å². The number of nitrogens with one attached hydrogen (secondary N) is 1. The van der Waals surface area contributed by atoms with Gasteiger partial charge in [-0.05, 0) is 31.0 Å². The monoisotopic (exact) mass is 296 g/mol. The van der Waals surface area contributed by atoms with E-state index in [1.165, 1.54) is 0 Å². The molecule has 0 saturated carbocycles. The molecule has 0 atom stereocenters. The summed E-state index contributed by atoms with van der Waals surface area (Å²) in [5.74, 6) is -0.772. The van der Waals surface area contributed by atoms with Crippen LogP contribution in [0.3, 0.4) is 0 Å².